The first-order valence-electron chi connectivity index (χ1n) is 7.59. The van der Waals surface area contributed by atoms with Crippen LogP contribution >= 0.6 is 0 Å². The van der Waals surface area contributed by atoms with Gasteiger partial charge in [-0.25, -0.2) is 0 Å². The largest absolute Gasteiger partial charge is 0.394 e. The van der Waals surface area contributed by atoms with Crippen LogP contribution in [-0.2, 0) is 9.47 Å². The van der Waals surface area contributed by atoms with Crippen molar-refractivity contribution in [3.05, 3.63) is 35.9 Å². The predicted molar refractivity (Wildman–Crippen MR) is 88.6 cm³/mol. The topological polar surface area (TPSA) is 99.4 Å². The van der Waals surface area contributed by atoms with Crippen LogP contribution in [0.25, 0.3) is 0 Å². The van der Waals surface area contributed by atoms with Gasteiger partial charge >= 0.3 is 0 Å². The number of aliphatic hydroxyl groups is 4. The van der Waals surface area contributed by atoms with Crippen molar-refractivity contribution in [1.82, 2.24) is 0 Å². The summed E-state index contributed by atoms with van der Waals surface area (Å²) in [4.78, 5) is 0. The van der Waals surface area contributed by atoms with Crippen molar-refractivity contribution in [3.8, 4) is 35.5 Å². The molecule has 6 heteroatoms. The summed E-state index contributed by atoms with van der Waals surface area (Å²) in [5.74, 6) is 15.8. The average molecular weight is 342 g/mol. The molecule has 0 bridgehead atoms. The molecular formula is C19H18O6. The zero-order chi connectivity index (χ0) is 18.1. The van der Waals surface area contributed by atoms with E-state index in [0.717, 1.165) is 5.56 Å². The van der Waals surface area contributed by atoms with Gasteiger partial charge in [-0.05, 0) is 35.8 Å². The summed E-state index contributed by atoms with van der Waals surface area (Å²) in [6.07, 6.45) is -6.54. The molecule has 25 heavy (non-hydrogen) atoms. The summed E-state index contributed by atoms with van der Waals surface area (Å²) in [5, 5.41) is 38.1. The van der Waals surface area contributed by atoms with Crippen molar-refractivity contribution in [2.24, 2.45) is 0 Å². The maximum atomic E-state index is 9.77. The summed E-state index contributed by atoms with van der Waals surface area (Å²) >= 11 is 0. The molecule has 0 aromatic heterocycles. The fraction of sp³-hybridized carbons (Fsp3) is 0.368. The van der Waals surface area contributed by atoms with E-state index in [9.17, 15) is 15.3 Å². The third-order valence-electron chi connectivity index (χ3n) is 3.42. The van der Waals surface area contributed by atoms with Crippen LogP contribution in [-0.4, -0.2) is 64.3 Å². The summed E-state index contributed by atoms with van der Waals surface area (Å²) in [5.41, 5.74) is 0.857. The number of hydrogen-bond donors (Lipinski definition) is 4. The van der Waals surface area contributed by atoms with Crippen LogP contribution < -0.4 is 0 Å². The van der Waals surface area contributed by atoms with Crippen LogP contribution in [0.3, 0.4) is 0 Å². The fourth-order valence-electron chi connectivity index (χ4n) is 2.10. The number of aliphatic hydroxyl groups excluding tert-OH is 4. The number of ether oxygens (including phenoxy) is 2. The Morgan fingerprint density at radius 1 is 0.920 bits per heavy atom. The average Bonchev–Trinajstić information content (AvgIpc) is 2.64. The summed E-state index contributed by atoms with van der Waals surface area (Å²) in [6.45, 7) is -0.620. The van der Waals surface area contributed by atoms with Crippen molar-refractivity contribution >= 4 is 0 Å². The Morgan fingerprint density at radius 3 is 2.36 bits per heavy atom. The molecule has 0 radical (unpaired) electrons. The van der Waals surface area contributed by atoms with Gasteiger partial charge in [0.1, 0.15) is 31.0 Å². The Morgan fingerprint density at radius 2 is 1.64 bits per heavy atom. The molecule has 130 valence electrons. The lowest BCUT2D eigenvalue weighted by Crippen LogP contribution is -2.59. The second-order valence-electron chi connectivity index (χ2n) is 5.18. The van der Waals surface area contributed by atoms with Gasteiger partial charge in [0.25, 0.3) is 0 Å². The van der Waals surface area contributed by atoms with E-state index < -0.39 is 37.3 Å². The van der Waals surface area contributed by atoms with Crippen molar-refractivity contribution in [2.45, 2.75) is 30.7 Å². The molecule has 1 heterocycles. The summed E-state index contributed by atoms with van der Waals surface area (Å²) < 4.78 is 10.4. The van der Waals surface area contributed by atoms with Crippen LogP contribution in [0.15, 0.2) is 30.3 Å². The second-order valence-corrected chi connectivity index (χ2v) is 5.18. The Kier molecular flexibility index (Phi) is 7.47. The molecule has 1 aliphatic rings. The molecule has 2 rings (SSSR count). The first-order chi connectivity index (χ1) is 12.1. The molecule has 1 aromatic carbocycles. The Labute approximate surface area is 146 Å². The summed E-state index contributed by atoms with van der Waals surface area (Å²) in [7, 11) is 0. The molecule has 1 aromatic rings. The number of rotatable bonds is 3. The first kappa shape index (κ1) is 19.0. The molecule has 1 saturated heterocycles. The lowest BCUT2D eigenvalue weighted by Gasteiger charge is -2.39. The van der Waals surface area contributed by atoms with Crippen molar-refractivity contribution in [3.63, 3.8) is 0 Å². The predicted octanol–water partition coefficient (Wildman–Crippen LogP) is -1.14. The molecule has 0 saturated carbocycles. The van der Waals surface area contributed by atoms with Crippen molar-refractivity contribution in [1.29, 1.82) is 0 Å². The van der Waals surface area contributed by atoms with Gasteiger partial charge in [0.05, 0.1) is 6.61 Å². The normalized spacial score (nSPS) is 27.8. The van der Waals surface area contributed by atoms with Crippen LogP contribution in [0.5, 0.6) is 0 Å². The van der Waals surface area contributed by atoms with E-state index in [1.54, 1.807) is 0 Å². The molecule has 1 aliphatic heterocycles. The van der Waals surface area contributed by atoms with Gasteiger partial charge in [-0.1, -0.05) is 30.0 Å². The molecular weight excluding hydrogens is 324 g/mol. The second kappa shape index (κ2) is 9.84. The minimum absolute atomic E-state index is 0.108. The SMILES string of the molecule is OC[C@H]1O[C@@H](OCC#CC#CC#Cc2ccccc2)[C@H](O)[C@@H](O)[C@@H]1O. The molecule has 0 aliphatic carbocycles. The van der Waals surface area contributed by atoms with Gasteiger partial charge in [-0.3, -0.25) is 0 Å². The highest BCUT2D eigenvalue weighted by molar-refractivity contribution is 5.42. The third-order valence-corrected chi connectivity index (χ3v) is 3.42. The Hall–Kier alpha value is -2.34. The lowest BCUT2D eigenvalue weighted by molar-refractivity contribution is -0.298. The smallest absolute Gasteiger partial charge is 0.187 e. The van der Waals surface area contributed by atoms with E-state index in [-0.39, 0.29) is 6.61 Å². The maximum Gasteiger partial charge on any atom is 0.187 e. The van der Waals surface area contributed by atoms with Crippen LogP contribution in [0, 0.1) is 35.5 Å². The van der Waals surface area contributed by atoms with Crippen LogP contribution in [0.2, 0.25) is 0 Å². The maximum absolute atomic E-state index is 9.77. The highest BCUT2D eigenvalue weighted by atomic mass is 16.7. The van der Waals surface area contributed by atoms with Gasteiger partial charge in [0.15, 0.2) is 6.29 Å². The summed E-state index contributed by atoms with van der Waals surface area (Å²) in [6, 6.07) is 9.41. The quantitative estimate of drug-likeness (QED) is 0.519. The number of benzene rings is 1. The van der Waals surface area contributed by atoms with Crippen molar-refractivity contribution < 1.29 is 29.9 Å². The van der Waals surface area contributed by atoms with E-state index in [0.29, 0.717) is 0 Å². The van der Waals surface area contributed by atoms with Gasteiger partial charge in [-0.15, -0.1) is 0 Å². The molecule has 4 N–H and O–H groups in total. The molecule has 0 spiro atoms. The van der Waals surface area contributed by atoms with Gasteiger partial charge < -0.3 is 29.9 Å². The first-order valence-corrected chi connectivity index (χ1v) is 7.59. The van der Waals surface area contributed by atoms with E-state index >= 15 is 0 Å². The standard InChI is InChI=1S/C19H18O6/c20-13-15-16(21)17(22)18(23)19(25-15)24-12-8-3-1-2-5-9-14-10-6-4-7-11-14/h4,6-7,10-11,15-23H,12-13H2/t15-,16-,17+,18-,19-/m1/s1. The zero-order valence-corrected chi connectivity index (χ0v) is 13.3. The molecule has 1 fully saturated rings. The van der Waals surface area contributed by atoms with Gasteiger partial charge in [0, 0.05) is 5.56 Å². The highest BCUT2D eigenvalue weighted by Gasteiger charge is 2.43. The Bertz CT molecular complexity index is 726. The molecule has 6 nitrogen and oxygen atoms in total. The lowest BCUT2D eigenvalue weighted by atomic mass is 9.99. The molecule has 0 amide bonds. The number of hydrogen-bond acceptors (Lipinski definition) is 6. The Balaban J connectivity index is 1.81. The van der Waals surface area contributed by atoms with E-state index in [2.05, 4.69) is 35.5 Å². The third kappa shape index (κ3) is 5.60. The minimum atomic E-state index is -1.48. The fourth-order valence-corrected chi connectivity index (χ4v) is 2.10. The monoisotopic (exact) mass is 342 g/mol. The molecule has 5 atom stereocenters. The van der Waals surface area contributed by atoms with Gasteiger partial charge in [0.2, 0.25) is 0 Å². The van der Waals surface area contributed by atoms with Crippen molar-refractivity contribution in [2.75, 3.05) is 13.2 Å². The van der Waals surface area contributed by atoms with Crippen LogP contribution in [0.1, 0.15) is 5.56 Å². The van der Waals surface area contributed by atoms with E-state index in [1.165, 1.54) is 0 Å². The zero-order valence-electron chi connectivity index (χ0n) is 13.3. The molecule has 0 unspecified atom stereocenters. The van der Waals surface area contributed by atoms with E-state index in [1.807, 2.05) is 30.3 Å². The van der Waals surface area contributed by atoms with Crippen LogP contribution in [0.4, 0.5) is 0 Å². The van der Waals surface area contributed by atoms with Gasteiger partial charge in [-0.2, -0.15) is 0 Å². The highest BCUT2D eigenvalue weighted by Crippen LogP contribution is 2.21. The van der Waals surface area contributed by atoms with E-state index in [4.69, 9.17) is 14.6 Å². The minimum Gasteiger partial charge on any atom is -0.394 e.